The Morgan fingerprint density at radius 3 is 2.58 bits per heavy atom. The normalized spacial score (nSPS) is 28.4. The summed E-state index contributed by atoms with van der Waals surface area (Å²) in [6.07, 6.45) is 7.56. The summed E-state index contributed by atoms with van der Waals surface area (Å²) in [5.74, 6) is 0.689. The standard InChI is InChI=1S/C18H25ClN4O2Si/c1-18(2,3)26(4,5)24-8-13-11-6-7-12(11)17(25-13)23-10-22-14-15(19)20-9-21-16(14)23/h6-7,9-13,17H,8H2,1-5H3/t11-,12+,13+,17+/m0/s1. The van der Waals surface area contributed by atoms with E-state index in [1.165, 1.54) is 6.33 Å². The number of hydrogen-bond acceptors (Lipinski definition) is 5. The van der Waals surface area contributed by atoms with Gasteiger partial charge in [-0.3, -0.25) is 4.57 Å². The van der Waals surface area contributed by atoms with Gasteiger partial charge in [-0.1, -0.05) is 44.5 Å². The van der Waals surface area contributed by atoms with Crippen molar-refractivity contribution in [2.24, 2.45) is 11.8 Å². The Kier molecular flexibility index (Phi) is 4.26. The molecule has 3 heterocycles. The Bertz CT molecular complexity index is 860. The lowest BCUT2D eigenvalue weighted by molar-refractivity contribution is -0.0264. The van der Waals surface area contributed by atoms with Gasteiger partial charge in [0.25, 0.3) is 0 Å². The van der Waals surface area contributed by atoms with Crippen LogP contribution in [-0.2, 0) is 9.16 Å². The molecule has 2 aliphatic rings. The van der Waals surface area contributed by atoms with Gasteiger partial charge in [0.1, 0.15) is 18.1 Å². The molecule has 1 fully saturated rings. The number of hydrogen-bond donors (Lipinski definition) is 0. The summed E-state index contributed by atoms with van der Waals surface area (Å²) in [6, 6.07) is 0. The zero-order chi connectivity index (χ0) is 18.7. The Hall–Kier alpha value is -1.28. The largest absolute Gasteiger partial charge is 0.414 e. The third-order valence-corrected chi connectivity index (χ3v) is 10.9. The fraction of sp³-hybridized carbons (Fsp3) is 0.611. The predicted octanol–water partition coefficient (Wildman–Crippen LogP) is 4.20. The van der Waals surface area contributed by atoms with Crippen molar-refractivity contribution in [3.63, 3.8) is 0 Å². The Morgan fingerprint density at radius 2 is 1.92 bits per heavy atom. The van der Waals surface area contributed by atoms with Gasteiger partial charge in [0.05, 0.1) is 19.0 Å². The van der Waals surface area contributed by atoms with Crippen LogP contribution in [0, 0.1) is 11.8 Å². The number of rotatable bonds is 4. The molecule has 1 aliphatic heterocycles. The third kappa shape index (κ3) is 2.81. The minimum Gasteiger partial charge on any atom is -0.414 e. The predicted molar refractivity (Wildman–Crippen MR) is 104 cm³/mol. The zero-order valence-corrected chi connectivity index (χ0v) is 17.6. The van der Waals surface area contributed by atoms with Crippen LogP contribution in [0.4, 0.5) is 0 Å². The molecule has 26 heavy (non-hydrogen) atoms. The molecule has 8 heteroatoms. The van der Waals surface area contributed by atoms with Crippen molar-refractivity contribution in [1.29, 1.82) is 0 Å². The van der Waals surface area contributed by atoms with Gasteiger partial charge < -0.3 is 9.16 Å². The summed E-state index contributed by atoms with van der Waals surface area (Å²) in [7, 11) is -1.80. The van der Waals surface area contributed by atoms with Gasteiger partial charge in [-0.25, -0.2) is 15.0 Å². The molecule has 0 N–H and O–H groups in total. The molecule has 4 atom stereocenters. The highest BCUT2D eigenvalue weighted by Gasteiger charge is 2.48. The molecule has 6 nitrogen and oxygen atoms in total. The van der Waals surface area contributed by atoms with E-state index in [-0.39, 0.29) is 17.4 Å². The van der Waals surface area contributed by atoms with Crippen molar-refractivity contribution in [1.82, 2.24) is 19.5 Å². The minimum absolute atomic E-state index is 0.0545. The maximum atomic E-state index is 6.41. The summed E-state index contributed by atoms with van der Waals surface area (Å²) in [5, 5.41) is 0.555. The smallest absolute Gasteiger partial charge is 0.192 e. The number of ether oxygens (including phenoxy) is 1. The number of nitrogens with zero attached hydrogens (tertiary/aromatic N) is 4. The van der Waals surface area contributed by atoms with E-state index >= 15 is 0 Å². The number of halogens is 1. The van der Waals surface area contributed by atoms with Crippen molar-refractivity contribution in [3.05, 3.63) is 30.0 Å². The monoisotopic (exact) mass is 392 g/mol. The highest BCUT2D eigenvalue weighted by molar-refractivity contribution is 6.74. The van der Waals surface area contributed by atoms with Crippen molar-refractivity contribution in [3.8, 4) is 0 Å². The second-order valence-corrected chi connectivity index (χ2v) is 13.8. The van der Waals surface area contributed by atoms with Crippen LogP contribution in [0.25, 0.3) is 11.2 Å². The maximum absolute atomic E-state index is 6.41. The van der Waals surface area contributed by atoms with E-state index in [9.17, 15) is 0 Å². The van der Waals surface area contributed by atoms with Crippen LogP contribution in [0.15, 0.2) is 24.8 Å². The van der Waals surface area contributed by atoms with Gasteiger partial charge in [0.2, 0.25) is 0 Å². The number of imidazole rings is 1. The molecule has 0 saturated carbocycles. The highest BCUT2D eigenvalue weighted by atomic mass is 35.5. The lowest BCUT2D eigenvalue weighted by atomic mass is 9.80. The summed E-state index contributed by atoms with van der Waals surface area (Å²) in [5.41, 5.74) is 1.32. The minimum atomic E-state index is -1.80. The van der Waals surface area contributed by atoms with E-state index in [1.54, 1.807) is 6.33 Å². The van der Waals surface area contributed by atoms with E-state index in [1.807, 2.05) is 4.57 Å². The fourth-order valence-electron chi connectivity index (χ4n) is 3.30. The fourth-order valence-corrected chi connectivity index (χ4v) is 4.49. The molecule has 2 aromatic heterocycles. The summed E-state index contributed by atoms with van der Waals surface area (Å²) < 4.78 is 14.8. The van der Waals surface area contributed by atoms with Crippen LogP contribution in [0.5, 0.6) is 0 Å². The van der Waals surface area contributed by atoms with Gasteiger partial charge in [-0.15, -0.1) is 0 Å². The van der Waals surface area contributed by atoms with Crippen LogP contribution in [0.1, 0.15) is 27.0 Å². The molecule has 0 aromatic carbocycles. The van der Waals surface area contributed by atoms with Crippen molar-refractivity contribution in [2.75, 3.05) is 6.61 Å². The average Bonchev–Trinajstić information content (AvgIpc) is 3.04. The lowest BCUT2D eigenvalue weighted by Crippen LogP contribution is -2.43. The Balaban J connectivity index is 1.54. The van der Waals surface area contributed by atoms with E-state index in [0.29, 0.717) is 34.8 Å². The molecule has 4 rings (SSSR count). The van der Waals surface area contributed by atoms with E-state index in [0.717, 1.165) is 0 Å². The van der Waals surface area contributed by atoms with Gasteiger partial charge in [0.15, 0.2) is 19.1 Å². The SMILES string of the molecule is CC(C)(C)[Si](C)(C)OC[C@H]1O[C@@H](n2cnc3c(Cl)ncnc32)[C@@H]2C=C[C@@H]21. The molecule has 1 aliphatic carbocycles. The van der Waals surface area contributed by atoms with E-state index in [2.05, 4.69) is 61.0 Å². The van der Waals surface area contributed by atoms with Crippen molar-refractivity contribution >= 4 is 31.1 Å². The van der Waals surface area contributed by atoms with Crippen molar-refractivity contribution in [2.45, 2.75) is 51.2 Å². The van der Waals surface area contributed by atoms with Gasteiger partial charge in [-0.05, 0) is 18.1 Å². The topological polar surface area (TPSA) is 62.1 Å². The van der Waals surface area contributed by atoms with Crippen molar-refractivity contribution < 1.29 is 9.16 Å². The van der Waals surface area contributed by atoms with Crippen LogP contribution < -0.4 is 0 Å². The van der Waals surface area contributed by atoms with Gasteiger partial charge in [-0.2, -0.15) is 0 Å². The molecule has 0 amide bonds. The Labute approximate surface area is 159 Å². The summed E-state index contributed by atoms with van der Waals surface area (Å²) in [4.78, 5) is 12.7. The average molecular weight is 393 g/mol. The third-order valence-electron chi connectivity index (χ3n) is 6.08. The Morgan fingerprint density at radius 1 is 1.19 bits per heavy atom. The maximum Gasteiger partial charge on any atom is 0.192 e. The molecule has 0 unspecified atom stereocenters. The quantitative estimate of drug-likeness (QED) is 0.443. The first-order chi connectivity index (χ1) is 12.2. The first-order valence-electron chi connectivity index (χ1n) is 9.00. The molecular formula is C18H25ClN4O2Si. The second kappa shape index (κ2) is 6.12. The van der Waals surface area contributed by atoms with Crippen LogP contribution in [0.3, 0.4) is 0 Å². The summed E-state index contributed by atoms with van der Waals surface area (Å²) in [6.45, 7) is 11.9. The van der Waals surface area contributed by atoms with Crippen LogP contribution in [0.2, 0.25) is 23.3 Å². The number of fused-ring (bicyclic) bond motifs is 2. The first kappa shape index (κ1) is 18.1. The molecule has 1 saturated heterocycles. The zero-order valence-electron chi connectivity index (χ0n) is 15.8. The second-order valence-electron chi connectivity index (χ2n) is 8.66. The van der Waals surface area contributed by atoms with Gasteiger partial charge >= 0.3 is 0 Å². The van der Waals surface area contributed by atoms with Crippen LogP contribution in [-0.4, -0.2) is 40.5 Å². The molecule has 2 aromatic rings. The molecule has 0 bridgehead atoms. The highest BCUT2D eigenvalue weighted by Crippen LogP contribution is 2.48. The van der Waals surface area contributed by atoms with Gasteiger partial charge in [0, 0.05) is 11.8 Å². The first-order valence-corrected chi connectivity index (χ1v) is 12.3. The number of aromatic nitrogens is 4. The molecular weight excluding hydrogens is 368 g/mol. The lowest BCUT2D eigenvalue weighted by Gasteiger charge is -2.37. The summed E-state index contributed by atoms with van der Waals surface area (Å²) >= 11 is 6.13. The molecule has 140 valence electrons. The van der Waals surface area contributed by atoms with E-state index in [4.69, 9.17) is 20.8 Å². The van der Waals surface area contributed by atoms with E-state index < -0.39 is 8.32 Å². The molecule has 0 radical (unpaired) electrons. The molecule has 0 spiro atoms. The van der Waals surface area contributed by atoms with Crippen LogP contribution >= 0.6 is 11.6 Å².